The Morgan fingerprint density at radius 1 is 1.50 bits per heavy atom. The Morgan fingerprint density at radius 2 is 2.33 bits per heavy atom. The molecule has 0 saturated heterocycles. The number of hydrogen-bond acceptors (Lipinski definition) is 3. The first kappa shape index (κ1) is 11.8. The molecule has 0 aliphatic heterocycles. The van der Waals surface area contributed by atoms with Gasteiger partial charge in [-0.25, -0.2) is 9.37 Å². The van der Waals surface area contributed by atoms with E-state index in [4.69, 9.17) is 23.8 Å². The van der Waals surface area contributed by atoms with Crippen LogP contribution in [0.25, 0.3) is 11.0 Å². The van der Waals surface area contributed by atoms with E-state index in [-0.39, 0.29) is 5.02 Å². The third kappa shape index (κ3) is 1.96. The van der Waals surface area contributed by atoms with Crippen molar-refractivity contribution in [2.24, 2.45) is 0 Å². The van der Waals surface area contributed by atoms with Crippen LogP contribution in [0, 0.1) is 10.6 Å². The molecule has 0 atom stereocenters. The van der Waals surface area contributed by atoms with Crippen LogP contribution in [0.15, 0.2) is 23.7 Å². The number of aromatic nitrogens is 3. The number of H-pyrrole nitrogens is 1. The van der Waals surface area contributed by atoms with Crippen molar-refractivity contribution in [1.29, 1.82) is 0 Å². The van der Waals surface area contributed by atoms with Gasteiger partial charge in [-0.15, -0.1) is 11.3 Å². The van der Waals surface area contributed by atoms with Crippen molar-refractivity contribution in [2.75, 3.05) is 0 Å². The average molecular weight is 300 g/mol. The number of nitrogens with zero attached hydrogens (tertiary/aromatic N) is 2. The molecule has 3 rings (SSSR count). The summed E-state index contributed by atoms with van der Waals surface area (Å²) in [5.74, 6) is -0.457. The Kier molecular flexibility index (Phi) is 2.93. The fraction of sp³-hybridized carbons (Fsp3) is 0.0909. The standard InChI is InChI=1S/C11H7ClFN3S2/c12-6-3-9-8(4-7(6)13)15-11(17)16(9)5-10-14-1-2-18-10/h1-4H,5H2,(H,15,17). The highest BCUT2D eigenvalue weighted by atomic mass is 35.5. The molecule has 2 aromatic heterocycles. The predicted octanol–water partition coefficient (Wildman–Crippen LogP) is 4.00. The number of benzene rings is 1. The van der Waals surface area contributed by atoms with E-state index in [1.54, 1.807) is 23.6 Å². The van der Waals surface area contributed by atoms with Gasteiger partial charge in [0.15, 0.2) is 4.77 Å². The minimum Gasteiger partial charge on any atom is -0.330 e. The first-order chi connectivity index (χ1) is 8.65. The number of aromatic amines is 1. The minimum absolute atomic E-state index is 0.0874. The Balaban J connectivity index is 2.19. The highest BCUT2D eigenvalue weighted by Crippen LogP contribution is 2.23. The van der Waals surface area contributed by atoms with Gasteiger partial charge < -0.3 is 9.55 Å². The van der Waals surface area contributed by atoms with Gasteiger partial charge >= 0.3 is 0 Å². The van der Waals surface area contributed by atoms with Crippen molar-refractivity contribution in [3.05, 3.63) is 44.3 Å². The van der Waals surface area contributed by atoms with Gasteiger partial charge in [0.2, 0.25) is 0 Å². The summed E-state index contributed by atoms with van der Waals surface area (Å²) >= 11 is 12.6. The minimum atomic E-state index is -0.457. The lowest BCUT2D eigenvalue weighted by Gasteiger charge is -2.02. The molecule has 3 nitrogen and oxygen atoms in total. The summed E-state index contributed by atoms with van der Waals surface area (Å²) in [6, 6.07) is 2.93. The SMILES string of the molecule is Fc1cc2[nH]c(=S)n(Cc3nccs3)c2cc1Cl. The van der Waals surface area contributed by atoms with E-state index in [0.29, 0.717) is 16.8 Å². The normalized spacial score (nSPS) is 11.2. The predicted molar refractivity (Wildman–Crippen MR) is 73.3 cm³/mol. The summed E-state index contributed by atoms with van der Waals surface area (Å²) < 4.78 is 15.7. The van der Waals surface area contributed by atoms with Crippen LogP contribution in [-0.4, -0.2) is 14.5 Å². The van der Waals surface area contributed by atoms with E-state index in [9.17, 15) is 4.39 Å². The maximum atomic E-state index is 13.4. The molecule has 0 unspecified atom stereocenters. The molecule has 0 aliphatic carbocycles. The topological polar surface area (TPSA) is 33.6 Å². The average Bonchev–Trinajstić information content (AvgIpc) is 2.92. The molecule has 3 aromatic rings. The van der Waals surface area contributed by atoms with Crippen molar-refractivity contribution >= 4 is 46.2 Å². The molecule has 0 amide bonds. The third-order valence-electron chi connectivity index (χ3n) is 2.59. The number of nitrogens with one attached hydrogen (secondary N) is 1. The zero-order valence-electron chi connectivity index (χ0n) is 8.98. The Labute approximate surface area is 116 Å². The molecule has 0 radical (unpaired) electrons. The van der Waals surface area contributed by atoms with Crippen molar-refractivity contribution in [2.45, 2.75) is 6.54 Å². The van der Waals surface area contributed by atoms with Crippen molar-refractivity contribution < 1.29 is 4.39 Å². The molecule has 0 saturated carbocycles. The molecule has 92 valence electrons. The quantitative estimate of drug-likeness (QED) is 0.726. The van der Waals surface area contributed by atoms with Crippen molar-refractivity contribution in [1.82, 2.24) is 14.5 Å². The summed E-state index contributed by atoms with van der Waals surface area (Å²) in [6.07, 6.45) is 1.74. The van der Waals surface area contributed by atoms with Gasteiger partial charge in [-0.3, -0.25) is 0 Å². The largest absolute Gasteiger partial charge is 0.330 e. The zero-order chi connectivity index (χ0) is 12.7. The van der Waals surface area contributed by atoms with E-state index in [1.165, 1.54) is 6.07 Å². The maximum absolute atomic E-state index is 13.4. The Morgan fingerprint density at radius 3 is 3.06 bits per heavy atom. The van der Waals surface area contributed by atoms with Crippen LogP contribution in [0.5, 0.6) is 0 Å². The van der Waals surface area contributed by atoms with Crippen LogP contribution in [0.2, 0.25) is 5.02 Å². The molecule has 0 bridgehead atoms. The molecular formula is C11H7ClFN3S2. The first-order valence-electron chi connectivity index (χ1n) is 5.11. The van der Waals surface area contributed by atoms with Crippen LogP contribution < -0.4 is 0 Å². The van der Waals surface area contributed by atoms with Gasteiger partial charge in [0.05, 0.1) is 22.6 Å². The molecule has 1 N–H and O–H groups in total. The van der Waals surface area contributed by atoms with Gasteiger partial charge in [-0.2, -0.15) is 0 Å². The van der Waals surface area contributed by atoms with E-state index >= 15 is 0 Å². The highest BCUT2D eigenvalue weighted by molar-refractivity contribution is 7.71. The van der Waals surface area contributed by atoms with Crippen LogP contribution in [0.1, 0.15) is 5.01 Å². The van der Waals surface area contributed by atoms with Crippen LogP contribution in [0.4, 0.5) is 4.39 Å². The molecule has 0 spiro atoms. The second-order valence-electron chi connectivity index (χ2n) is 3.73. The lowest BCUT2D eigenvalue weighted by Crippen LogP contribution is -1.99. The Bertz CT molecular complexity index is 761. The van der Waals surface area contributed by atoms with Crippen LogP contribution in [-0.2, 0) is 6.54 Å². The molecule has 0 aliphatic rings. The summed E-state index contributed by atoms with van der Waals surface area (Å²) in [7, 11) is 0. The molecular weight excluding hydrogens is 293 g/mol. The van der Waals surface area contributed by atoms with Gasteiger partial charge in [0.1, 0.15) is 10.8 Å². The summed E-state index contributed by atoms with van der Waals surface area (Å²) in [4.78, 5) is 7.17. The van der Waals surface area contributed by atoms with Gasteiger partial charge in [-0.1, -0.05) is 11.6 Å². The number of fused-ring (bicyclic) bond motifs is 1. The number of halogens is 2. The third-order valence-corrected chi connectivity index (χ3v) is 3.97. The number of thiazole rings is 1. The number of rotatable bonds is 2. The molecule has 2 heterocycles. The fourth-order valence-corrected chi connectivity index (χ4v) is 2.81. The molecule has 18 heavy (non-hydrogen) atoms. The maximum Gasteiger partial charge on any atom is 0.178 e. The van der Waals surface area contributed by atoms with Crippen molar-refractivity contribution in [3.63, 3.8) is 0 Å². The van der Waals surface area contributed by atoms with Gasteiger partial charge in [0.25, 0.3) is 0 Å². The van der Waals surface area contributed by atoms with E-state index in [0.717, 1.165) is 10.5 Å². The summed E-state index contributed by atoms with van der Waals surface area (Å²) in [5, 5.41) is 2.93. The monoisotopic (exact) mass is 299 g/mol. The first-order valence-corrected chi connectivity index (χ1v) is 6.77. The number of imidazole rings is 1. The second kappa shape index (κ2) is 4.46. The summed E-state index contributed by atoms with van der Waals surface area (Å²) in [5.41, 5.74) is 1.42. The summed E-state index contributed by atoms with van der Waals surface area (Å²) in [6.45, 7) is 0.554. The fourth-order valence-electron chi connectivity index (χ4n) is 1.78. The zero-order valence-corrected chi connectivity index (χ0v) is 11.4. The van der Waals surface area contributed by atoms with Crippen molar-refractivity contribution in [3.8, 4) is 0 Å². The Hall–Kier alpha value is -1.24. The number of hydrogen-bond donors (Lipinski definition) is 1. The highest BCUT2D eigenvalue weighted by Gasteiger charge is 2.10. The smallest absolute Gasteiger partial charge is 0.178 e. The molecule has 1 aromatic carbocycles. The van der Waals surface area contributed by atoms with Gasteiger partial charge in [0, 0.05) is 17.6 Å². The van der Waals surface area contributed by atoms with E-state index in [1.807, 2.05) is 9.95 Å². The second-order valence-corrected chi connectivity index (χ2v) is 5.50. The lowest BCUT2D eigenvalue weighted by atomic mass is 10.3. The van der Waals surface area contributed by atoms with Crippen LogP contribution in [0.3, 0.4) is 0 Å². The van der Waals surface area contributed by atoms with E-state index < -0.39 is 5.82 Å². The lowest BCUT2D eigenvalue weighted by molar-refractivity contribution is 0.629. The van der Waals surface area contributed by atoms with E-state index in [2.05, 4.69) is 9.97 Å². The molecule has 0 fully saturated rings. The van der Waals surface area contributed by atoms with Gasteiger partial charge in [-0.05, 0) is 18.3 Å². The van der Waals surface area contributed by atoms with Crippen LogP contribution >= 0.6 is 35.2 Å². The molecule has 7 heteroatoms.